The number of hydrogen-bond acceptors (Lipinski definition) is 12. The van der Waals surface area contributed by atoms with Crippen LogP contribution >= 0.6 is 0 Å². The molecule has 0 saturated carbocycles. The van der Waals surface area contributed by atoms with Crippen LogP contribution in [0.3, 0.4) is 0 Å². The first-order chi connectivity index (χ1) is 29.9. The Morgan fingerprint density at radius 2 is 1.60 bits per heavy atom. The normalized spacial score (nSPS) is 12.1. The quantitative estimate of drug-likeness (QED) is 0.0224. The lowest BCUT2D eigenvalue weighted by Crippen LogP contribution is -2.49. The molecule has 62 heavy (non-hydrogen) atoms. The highest BCUT2D eigenvalue weighted by molar-refractivity contribution is 6.00. The molecule has 0 radical (unpaired) electrons. The number of unbranched alkanes of at least 4 members (excludes halogenated alkanes) is 2. The van der Waals surface area contributed by atoms with Gasteiger partial charge in [-0.25, -0.2) is 9.59 Å². The van der Waals surface area contributed by atoms with Crippen LogP contribution in [0.5, 0.6) is 11.5 Å². The molecule has 3 N–H and O–H groups in total. The predicted octanol–water partition coefficient (Wildman–Crippen LogP) is 6.18. The summed E-state index contributed by atoms with van der Waals surface area (Å²) in [6.07, 6.45) is 3.18. The number of hydroxylamine groups is 2. The van der Waals surface area contributed by atoms with Gasteiger partial charge in [-0.15, -0.1) is 0 Å². The molecule has 16 heteroatoms. The van der Waals surface area contributed by atoms with E-state index in [4.69, 9.17) is 23.5 Å². The fourth-order valence-corrected chi connectivity index (χ4v) is 6.53. The van der Waals surface area contributed by atoms with Crippen molar-refractivity contribution in [3.63, 3.8) is 0 Å². The minimum absolute atomic E-state index is 0.0337. The summed E-state index contributed by atoms with van der Waals surface area (Å²) in [5.74, 6) is -3.50. The molecule has 0 fully saturated rings. The zero-order valence-corrected chi connectivity index (χ0v) is 35.6. The molecule has 0 unspecified atom stereocenters. The monoisotopic (exact) mass is 854 g/mol. The Morgan fingerprint density at radius 1 is 0.855 bits per heavy atom. The first-order valence-corrected chi connectivity index (χ1v) is 20.5. The third-order valence-electron chi connectivity index (χ3n) is 9.74. The molecule has 16 nitrogen and oxygen atoms in total. The fraction of sp³-hybridized carbons (Fsp3) is 0.370. The Labute approximate surface area is 360 Å². The Balaban J connectivity index is 1.40. The molecule has 0 saturated heterocycles. The Bertz CT molecular complexity index is 2140. The molecule has 0 spiro atoms. The number of ether oxygens (including phenoxy) is 3. The fourth-order valence-electron chi connectivity index (χ4n) is 6.53. The van der Waals surface area contributed by atoms with E-state index in [0.717, 1.165) is 23.5 Å². The van der Waals surface area contributed by atoms with Gasteiger partial charge in [0, 0.05) is 12.0 Å². The van der Waals surface area contributed by atoms with E-state index in [2.05, 4.69) is 16.0 Å². The molecular weight excluding hydrogens is 801 g/mol. The number of carbonyl (C=O) groups excluding carboxylic acids is 7. The van der Waals surface area contributed by atoms with E-state index in [1.54, 1.807) is 68.4 Å². The summed E-state index contributed by atoms with van der Waals surface area (Å²) in [6, 6.07) is 20.7. The zero-order valence-electron chi connectivity index (χ0n) is 35.6. The minimum Gasteiger partial charge on any atom is -0.497 e. The number of nitrogens with zero attached hydrogens (tertiary/aromatic N) is 1. The lowest BCUT2D eigenvalue weighted by Gasteiger charge is -2.31. The van der Waals surface area contributed by atoms with Crippen LogP contribution in [-0.4, -0.2) is 79.4 Å². The van der Waals surface area contributed by atoms with Gasteiger partial charge in [0.15, 0.2) is 5.76 Å². The zero-order chi connectivity index (χ0) is 45.0. The van der Waals surface area contributed by atoms with Crippen molar-refractivity contribution in [3.05, 3.63) is 107 Å². The second-order valence-electron chi connectivity index (χ2n) is 14.2. The van der Waals surface area contributed by atoms with Crippen molar-refractivity contribution < 1.29 is 57.0 Å². The van der Waals surface area contributed by atoms with Crippen LogP contribution in [0.1, 0.15) is 103 Å². The highest BCUT2D eigenvalue weighted by Gasteiger charge is 2.34. The molecule has 4 amide bonds. The Hall–Kier alpha value is -6.97. The molecule has 0 aliphatic carbocycles. The molecule has 0 aliphatic heterocycles. The summed E-state index contributed by atoms with van der Waals surface area (Å²) in [6.45, 7) is 6.72. The number of benzene rings is 3. The van der Waals surface area contributed by atoms with Gasteiger partial charge < -0.3 is 39.4 Å². The number of nitrogens with one attached hydrogen (secondary N) is 3. The SMILES string of the molecule is CCCCC[C@@H](C(=O)NCNC(=O)c1ccc(-c2ccc(C(=O)N[C@@H](CC(C)=O)C(=O)OCc3ccccc3)c(OCC)c2)o1)[C@@H](CC)N(C=O)OC(=O)c1ccc(OC)cc1. The van der Waals surface area contributed by atoms with Crippen molar-refractivity contribution in [1.82, 2.24) is 21.0 Å². The molecular formula is C46H54N4O12. The highest BCUT2D eigenvalue weighted by Crippen LogP contribution is 2.30. The lowest BCUT2D eigenvalue weighted by molar-refractivity contribution is -0.171. The van der Waals surface area contributed by atoms with E-state index >= 15 is 0 Å². The van der Waals surface area contributed by atoms with Crippen molar-refractivity contribution >= 4 is 41.9 Å². The standard InChI is InChI=1S/C46H54N4O12/c1-6-9-11-16-35(38(7-2)50(29-51)62-45(56)32-17-20-34(58-5)21-18-32)42(53)47-28-48-44(55)40-24-23-39(61-40)33-19-22-36(41(26-33)59-8-3)43(54)49-37(25-30(4)52)46(57)60-27-31-14-12-10-13-15-31/h10,12-15,17-24,26,29,35,37-38H,6-9,11,16,25,27-28H2,1-5H3,(H,47,53)(H,48,55)(H,49,54)/t35-,37+,38-/m1/s1. The number of Topliss-reactive ketones (excluding diaryl/α,β-unsaturated/α-hetero) is 1. The van der Waals surface area contributed by atoms with Crippen LogP contribution in [0.15, 0.2) is 89.3 Å². The molecule has 3 aromatic carbocycles. The van der Waals surface area contributed by atoms with Crippen molar-refractivity contribution in [2.24, 2.45) is 5.92 Å². The lowest BCUT2D eigenvalue weighted by atomic mass is 9.90. The van der Waals surface area contributed by atoms with E-state index in [0.29, 0.717) is 37.0 Å². The summed E-state index contributed by atoms with van der Waals surface area (Å²) in [7, 11) is 1.50. The first-order valence-electron chi connectivity index (χ1n) is 20.5. The number of carbonyl (C=O) groups is 7. The van der Waals surface area contributed by atoms with Gasteiger partial charge in [0.1, 0.15) is 35.7 Å². The van der Waals surface area contributed by atoms with Crippen molar-refractivity contribution in [2.75, 3.05) is 20.4 Å². The molecule has 1 heterocycles. The number of hydrogen-bond donors (Lipinski definition) is 3. The van der Waals surface area contributed by atoms with E-state index in [1.807, 2.05) is 13.0 Å². The second kappa shape index (κ2) is 24.3. The van der Waals surface area contributed by atoms with Gasteiger partial charge in [0.2, 0.25) is 12.3 Å². The molecule has 3 atom stereocenters. The molecule has 0 bridgehead atoms. The number of ketones is 1. The van der Waals surface area contributed by atoms with E-state index in [9.17, 15) is 33.6 Å². The number of esters is 1. The summed E-state index contributed by atoms with van der Waals surface area (Å²) in [4.78, 5) is 95.8. The van der Waals surface area contributed by atoms with Gasteiger partial charge >= 0.3 is 11.9 Å². The van der Waals surface area contributed by atoms with Crippen molar-refractivity contribution in [3.8, 4) is 22.8 Å². The first kappa shape index (κ1) is 47.7. The maximum absolute atomic E-state index is 13.6. The van der Waals surface area contributed by atoms with Gasteiger partial charge in [-0.05, 0) is 80.8 Å². The van der Waals surface area contributed by atoms with Gasteiger partial charge in [0.25, 0.3) is 11.8 Å². The van der Waals surface area contributed by atoms with Crippen LogP contribution in [0.4, 0.5) is 0 Å². The molecule has 330 valence electrons. The van der Waals surface area contributed by atoms with Crippen molar-refractivity contribution in [1.29, 1.82) is 0 Å². The third-order valence-corrected chi connectivity index (χ3v) is 9.74. The Morgan fingerprint density at radius 3 is 2.24 bits per heavy atom. The molecule has 0 aliphatic rings. The summed E-state index contributed by atoms with van der Waals surface area (Å²) >= 11 is 0. The molecule has 4 rings (SSSR count). The van der Waals surface area contributed by atoms with Gasteiger partial charge in [-0.1, -0.05) is 69.5 Å². The number of rotatable bonds is 25. The maximum Gasteiger partial charge on any atom is 0.363 e. The smallest absolute Gasteiger partial charge is 0.363 e. The highest BCUT2D eigenvalue weighted by atomic mass is 16.7. The number of methoxy groups -OCH3 is 1. The van der Waals surface area contributed by atoms with E-state index in [1.165, 1.54) is 38.3 Å². The van der Waals surface area contributed by atoms with Crippen LogP contribution in [-0.2, 0) is 35.4 Å². The third kappa shape index (κ3) is 13.8. The molecule has 4 aromatic rings. The second-order valence-corrected chi connectivity index (χ2v) is 14.2. The summed E-state index contributed by atoms with van der Waals surface area (Å²) < 4.78 is 22.1. The van der Waals surface area contributed by atoms with Gasteiger partial charge in [0.05, 0.1) is 43.5 Å². The maximum atomic E-state index is 13.6. The van der Waals surface area contributed by atoms with E-state index in [-0.39, 0.29) is 60.5 Å². The van der Waals surface area contributed by atoms with Crippen LogP contribution in [0.25, 0.3) is 11.3 Å². The number of furan rings is 1. The topological polar surface area (TPSA) is 209 Å². The summed E-state index contributed by atoms with van der Waals surface area (Å²) in [5, 5.41) is 8.79. The average molecular weight is 855 g/mol. The van der Waals surface area contributed by atoms with Crippen molar-refractivity contribution in [2.45, 2.75) is 84.9 Å². The van der Waals surface area contributed by atoms with Crippen LogP contribution in [0.2, 0.25) is 0 Å². The Kier molecular flexibility index (Phi) is 18.7. The van der Waals surface area contributed by atoms with Gasteiger partial charge in [-0.3, -0.25) is 24.0 Å². The number of amides is 4. The minimum atomic E-state index is -1.24. The van der Waals surface area contributed by atoms with Crippen LogP contribution < -0.4 is 25.4 Å². The predicted molar refractivity (Wildman–Crippen MR) is 227 cm³/mol. The van der Waals surface area contributed by atoms with Gasteiger partial charge in [-0.2, -0.15) is 5.06 Å². The average Bonchev–Trinajstić information content (AvgIpc) is 3.78. The van der Waals surface area contributed by atoms with Crippen LogP contribution in [0, 0.1) is 5.92 Å². The summed E-state index contributed by atoms with van der Waals surface area (Å²) in [5.41, 5.74) is 1.49. The largest absolute Gasteiger partial charge is 0.497 e. The van der Waals surface area contributed by atoms with E-state index < -0.39 is 47.7 Å². The molecule has 1 aromatic heterocycles.